The van der Waals surface area contributed by atoms with Crippen molar-refractivity contribution in [2.45, 2.75) is 79.3 Å². The van der Waals surface area contributed by atoms with Crippen molar-refractivity contribution < 1.29 is 23.9 Å². The van der Waals surface area contributed by atoms with Gasteiger partial charge >= 0.3 is 5.97 Å². The Morgan fingerprint density at radius 3 is 1.68 bits per heavy atom. The Morgan fingerprint density at radius 1 is 0.849 bits per heavy atom. The van der Waals surface area contributed by atoms with Crippen LogP contribution in [0.5, 0.6) is 0 Å². The number of thiocarbonyl (C=S) groups is 2. The molecule has 10 N–H and O–H groups in total. The van der Waals surface area contributed by atoms with Crippen molar-refractivity contribution >= 4 is 80.3 Å². The summed E-state index contributed by atoms with van der Waals surface area (Å²) in [5.41, 5.74) is 19.7. The number of nitrogens with zero attached hydrogens (tertiary/aromatic N) is 4. The molecule has 2 aliphatic rings. The average Bonchev–Trinajstić information content (AvgIpc) is 3.78. The number of esters is 1. The summed E-state index contributed by atoms with van der Waals surface area (Å²) in [6, 6.07) is 0. The summed E-state index contributed by atoms with van der Waals surface area (Å²) < 4.78 is 11.5. The van der Waals surface area contributed by atoms with Crippen LogP contribution in [-0.4, -0.2) is 161 Å². The average molecular weight is 827 g/mol. The van der Waals surface area contributed by atoms with Gasteiger partial charge in [-0.15, -0.1) is 0 Å². The van der Waals surface area contributed by atoms with Crippen molar-refractivity contribution in [1.29, 1.82) is 0 Å². The second-order valence-electron chi connectivity index (χ2n) is 12.7. The third-order valence-electron chi connectivity index (χ3n) is 7.42. The number of carbonyl (C=O) groups is 3. The Morgan fingerprint density at radius 2 is 1.32 bits per heavy atom. The van der Waals surface area contributed by atoms with E-state index in [0.29, 0.717) is 48.7 Å². The predicted octanol–water partition coefficient (Wildman–Crippen LogP) is 1.36. The van der Waals surface area contributed by atoms with Gasteiger partial charge in [-0.25, -0.2) is 9.79 Å². The van der Waals surface area contributed by atoms with Gasteiger partial charge in [0.15, 0.2) is 5.54 Å². The number of hydrogen-bond acceptors (Lipinski definition) is 15. The summed E-state index contributed by atoms with van der Waals surface area (Å²) in [5, 5.41) is 5.36. The maximum absolute atomic E-state index is 11.9. The lowest BCUT2D eigenvalue weighted by molar-refractivity contribution is -0.137. The number of nitrogens with one attached hydrogen (secondary N) is 2. The highest BCUT2D eigenvalue weighted by Gasteiger charge is 2.36. The number of thioether (sulfide) groups is 2. The number of ether oxygens (including phenoxy) is 2. The van der Waals surface area contributed by atoms with Crippen molar-refractivity contribution in [2.24, 2.45) is 27.9 Å². The zero-order chi connectivity index (χ0) is 40.9. The third-order valence-corrected chi connectivity index (χ3v) is 10.4. The number of amides is 2. The lowest BCUT2D eigenvalue weighted by Crippen LogP contribution is -2.55. The van der Waals surface area contributed by atoms with Crippen LogP contribution in [-0.2, 0) is 23.9 Å². The zero-order valence-electron chi connectivity index (χ0n) is 33.5. The molecule has 0 atom stereocenters. The van der Waals surface area contributed by atoms with Crippen molar-refractivity contribution in [2.75, 3.05) is 103 Å². The van der Waals surface area contributed by atoms with Crippen LogP contribution in [0.1, 0.15) is 68.2 Å². The summed E-state index contributed by atoms with van der Waals surface area (Å²) in [6.07, 6.45) is 2.56. The van der Waals surface area contributed by atoms with E-state index in [9.17, 15) is 14.4 Å². The van der Waals surface area contributed by atoms with Crippen LogP contribution in [0.4, 0.5) is 0 Å². The molecule has 2 heterocycles. The number of hydrogen-bond donors (Lipinski definition) is 6. The summed E-state index contributed by atoms with van der Waals surface area (Å²) in [5.74, 6) is 0.425. The third kappa shape index (κ3) is 25.2. The summed E-state index contributed by atoms with van der Waals surface area (Å²) in [7, 11) is 0. The fourth-order valence-corrected chi connectivity index (χ4v) is 6.76. The van der Waals surface area contributed by atoms with Gasteiger partial charge in [0.1, 0.15) is 14.2 Å². The molecule has 0 saturated carbocycles. The van der Waals surface area contributed by atoms with Crippen LogP contribution in [0.2, 0.25) is 0 Å². The Kier molecular flexibility index (Phi) is 31.8. The SMILES string of the molecule is C1CCOC1.CCN(CC)C(=S)SCC(=O)NC(C)(C)C(=O)NCCN.CCN(CC)C(=S)SCC1=NC(C)(C)C(=O)O1.NCCN(CCN)CCN. The smallest absolute Gasteiger partial charge is 0.340 e. The second kappa shape index (κ2) is 31.5. The normalized spacial score (nSPS) is 14.3. The minimum atomic E-state index is -0.969. The Hall–Kier alpha value is -1.68. The van der Waals surface area contributed by atoms with Gasteiger partial charge in [-0.05, 0) is 68.2 Å². The number of cyclic esters (lactones) is 1. The molecule has 2 rings (SSSR count). The van der Waals surface area contributed by atoms with Crippen molar-refractivity contribution in [1.82, 2.24) is 25.3 Å². The number of nitrogens with two attached hydrogens (primary N) is 4. The van der Waals surface area contributed by atoms with E-state index < -0.39 is 11.1 Å². The molecular formula is C34H70N10O5S4. The first-order valence-electron chi connectivity index (χ1n) is 18.4. The van der Waals surface area contributed by atoms with E-state index in [1.807, 2.05) is 18.7 Å². The van der Waals surface area contributed by atoms with E-state index in [2.05, 4.69) is 39.3 Å². The van der Waals surface area contributed by atoms with Crippen LogP contribution in [0.15, 0.2) is 4.99 Å². The van der Waals surface area contributed by atoms with E-state index in [1.54, 1.807) is 27.7 Å². The van der Waals surface area contributed by atoms with E-state index in [4.69, 9.17) is 56.8 Å². The van der Waals surface area contributed by atoms with Gasteiger partial charge in [0.25, 0.3) is 0 Å². The highest BCUT2D eigenvalue weighted by atomic mass is 32.2. The minimum Gasteiger partial charge on any atom is -0.409 e. The van der Waals surface area contributed by atoms with E-state index >= 15 is 0 Å². The molecule has 2 amide bonds. The van der Waals surface area contributed by atoms with Crippen LogP contribution in [0, 0.1) is 0 Å². The molecule has 0 aliphatic carbocycles. The quantitative estimate of drug-likeness (QED) is 0.0849. The first-order valence-corrected chi connectivity index (χ1v) is 21.2. The predicted molar refractivity (Wildman–Crippen MR) is 232 cm³/mol. The lowest BCUT2D eigenvalue weighted by atomic mass is 10.0. The first kappa shape index (κ1) is 53.4. The molecule has 310 valence electrons. The molecule has 15 nitrogen and oxygen atoms in total. The highest BCUT2D eigenvalue weighted by Crippen LogP contribution is 2.21. The number of aliphatic imine (C=N–C) groups is 1. The standard InChI is InChI=1S/C13H26N4O2S2.C11H18N2O2S2.C6H18N4.C4H8O/c1-5-17(6-2)12(20)21-9-10(18)16-13(3,4)11(19)15-8-7-14;1-5-13(6-2)10(16)17-7-8-12-11(3,4)9(14)15-8;7-1-4-10(5-2-8)6-3-9;1-2-4-5-3-1/h5-9,14H2,1-4H3,(H,15,19)(H,16,18);5-7H2,1-4H3;1-9H2;1-4H2. The lowest BCUT2D eigenvalue weighted by Gasteiger charge is -2.25. The first-order chi connectivity index (χ1) is 25.0. The van der Waals surface area contributed by atoms with Crippen molar-refractivity contribution in [3.05, 3.63) is 0 Å². The van der Waals surface area contributed by atoms with Crippen LogP contribution < -0.4 is 33.6 Å². The van der Waals surface area contributed by atoms with E-state index in [0.717, 1.165) is 63.3 Å². The molecule has 19 heteroatoms. The summed E-state index contributed by atoms with van der Waals surface area (Å²) >= 11 is 13.3. The number of rotatable bonds is 18. The monoisotopic (exact) mass is 826 g/mol. The molecule has 0 aromatic rings. The minimum absolute atomic E-state index is 0.197. The van der Waals surface area contributed by atoms with Gasteiger partial charge < -0.3 is 52.8 Å². The van der Waals surface area contributed by atoms with Gasteiger partial charge in [0, 0.05) is 91.8 Å². The second-order valence-corrected chi connectivity index (χ2v) is 15.9. The van der Waals surface area contributed by atoms with Crippen LogP contribution in [0.3, 0.4) is 0 Å². The van der Waals surface area contributed by atoms with Gasteiger partial charge in [-0.3, -0.25) is 14.5 Å². The molecule has 1 saturated heterocycles. The molecule has 1 fully saturated rings. The summed E-state index contributed by atoms with van der Waals surface area (Å²) in [4.78, 5) is 45.7. The van der Waals surface area contributed by atoms with Gasteiger partial charge in [-0.1, -0.05) is 48.0 Å². The van der Waals surface area contributed by atoms with Crippen molar-refractivity contribution in [3.8, 4) is 0 Å². The molecule has 0 unspecified atom stereocenters. The zero-order valence-corrected chi connectivity index (χ0v) is 36.8. The van der Waals surface area contributed by atoms with Crippen molar-refractivity contribution in [3.63, 3.8) is 0 Å². The van der Waals surface area contributed by atoms with Crippen LogP contribution in [0.25, 0.3) is 0 Å². The topological polar surface area (TPSA) is 220 Å². The van der Waals surface area contributed by atoms with Gasteiger partial charge in [0.05, 0.1) is 11.5 Å². The Balaban J connectivity index is 0. The van der Waals surface area contributed by atoms with Gasteiger partial charge in [0.2, 0.25) is 17.7 Å². The molecule has 53 heavy (non-hydrogen) atoms. The molecule has 2 aliphatic heterocycles. The largest absolute Gasteiger partial charge is 0.409 e. The molecule has 0 radical (unpaired) electrons. The Bertz CT molecular complexity index is 1070. The van der Waals surface area contributed by atoms with E-state index in [1.165, 1.54) is 36.4 Å². The maximum atomic E-state index is 11.9. The van der Waals surface area contributed by atoms with E-state index in [-0.39, 0.29) is 23.5 Å². The fraction of sp³-hybridized carbons (Fsp3) is 0.824. The molecule has 0 aromatic heterocycles. The molecular weight excluding hydrogens is 757 g/mol. The van der Waals surface area contributed by atoms with Gasteiger partial charge in [-0.2, -0.15) is 0 Å². The Labute approximate surface area is 338 Å². The molecule has 0 bridgehead atoms. The van der Waals surface area contributed by atoms with Crippen LogP contribution >= 0.6 is 48.0 Å². The molecule has 0 aromatic carbocycles. The number of carbonyl (C=O) groups excluding carboxylic acids is 3. The fourth-order valence-electron chi connectivity index (χ4n) is 4.31. The maximum Gasteiger partial charge on any atom is 0.340 e. The highest BCUT2D eigenvalue weighted by molar-refractivity contribution is 8.23. The summed E-state index contributed by atoms with van der Waals surface area (Å²) in [6.45, 7) is 25.9. The molecule has 0 spiro atoms.